The molecule has 1 aromatic heterocycles. The molecule has 3 saturated carbocycles. The molecule has 0 spiro atoms. The second-order valence-corrected chi connectivity index (χ2v) is 8.10. The third kappa shape index (κ3) is 2.54. The van der Waals surface area contributed by atoms with Crippen LogP contribution < -0.4 is 0 Å². The van der Waals surface area contributed by atoms with Crippen LogP contribution >= 0.6 is 11.6 Å². The largest absolute Gasteiger partial charge is 0.269 e. The minimum atomic E-state index is 0.357. The molecular formula is C18H27ClN2. The van der Waals surface area contributed by atoms with Gasteiger partial charge in [-0.05, 0) is 61.8 Å². The molecule has 1 heterocycles. The highest BCUT2D eigenvalue weighted by Crippen LogP contribution is 2.57. The van der Waals surface area contributed by atoms with Crippen LogP contribution in [-0.4, -0.2) is 15.7 Å². The third-order valence-corrected chi connectivity index (χ3v) is 7.05. The van der Waals surface area contributed by atoms with Gasteiger partial charge in [0, 0.05) is 12.1 Å². The summed E-state index contributed by atoms with van der Waals surface area (Å²) in [5.41, 5.74) is 1.64. The Hall–Kier alpha value is -0.500. The van der Waals surface area contributed by atoms with Crippen molar-refractivity contribution in [2.24, 2.45) is 17.3 Å². The average molecular weight is 307 g/mol. The standard InChI is InChI=1S/C18H27ClN2/c19-13-18(11-14-6-7-15(18)10-14)12-16-8-9-21(20-16)17-4-2-1-3-5-17/h8-9,14-15,17H,1-7,10-13H2. The lowest BCUT2D eigenvalue weighted by molar-refractivity contribution is 0.190. The van der Waals surface area contributed by atoms with Crippen molar-refractivity contribution in [2.45, 2.75) is 70.3 Å². The van der Waals surface area contributed by atoms with E-state index in [1.54, 1.807) is 0 Å². The van der Waals surface area contributed by atoms with E-state index >= 15 is 0 Å². The second-order valence-electron chi connectivity index (χ2n) is 7.83. The first-order valence-electron chi connectivity index (χ1n) is 8.89. The number of fused-ring (bicyclic) bond motifs is 2. The van der Waals surface area contributed by atoms with Gasteiger partial charge in [-0.2, -0.15) is 5.10 Å². The summed E-state index contributed by atoms with van der Waals surface area (Å²) in [6, 6.07) is 2.91. The van der Waals surface area contributed by atoms with Crippen molar-refractivity contribution in [1.82, 2.24) is 9.78 Å². The summed E-state index contributed by atoms with van der Waals surface area (Å²) in [7, 11) is 0. The van der Waals surface area contributed by atoms with E-state index in [1.165, 1.54) is 63.5 Å². The van der Waals surface area contributed by atoms with Gasteiger partial charge in [0.2, 0.25) is 0 Å². The molecule has 3 aliphatic rings. The molecule has 3 aliphatic carbocycles. The number of hydrogen-bond acceptors (Lipinski definition) is 1. The van der Waals surface area contributed by atoms with Crippen molar-refractivity contribution in [1.29, 1.82) is 0 Å². The smallest absolute Gasteiger partial charge is 0.0630 e. The Kier molecular flexibility index (Phi) is 3.77. The average Bonchev–Trinajstić information content (AvgIpc) is 3.24. The highest BCUT2D eigenvalue weighted by atomic mass is 35.5. The second kappa shape index (κ2) is 5.61. The SMILES string of the molecule is ClCC1(Cc2ccn(C3CCCCC3)n2)CC2CCC1C2. The highest BCUT2D eigenvalue weighted by molar-refractivity contribution is 6.18. The summed E-state index contributed by atoms with van der Waals surface area (Å²) in [4.78, 5) is 0. The van der Waals surface area contributed by atoms with Crippen LogP contribution in [0.3, 0.4) is 0 Å². The molecule has 2 nitrogen and oxygen atoms in total. The van der Waals surface area contributed by atoms with Crippen LogP contribution in [0.1, 0.15) is 69.5 Å². The van der Waals surface area contributed by atoms with E-state index in [-0.39, 0.29) is 0 Å². The molecule has 3 heteroatoms. The Morgan fingerprint density at radius 1 is 1.19 bits per heavy atom. The van der Waals surface area contributed by atoms with Gasteiger partial charge >= 0.3 is 0 Å². The Morgan fingerprint density at radius 3 is 2.71 bits per heavy atom. The summed E-state index contributed by atoms with van der Waals surface area (Å²) in [5.74, 6) is 2.64. The maximum Gasteiger partial charge on any atom is 0.0630 e. The molecule has 21 heavy (non-hydrogen) atoms. The van der Waals surface area contributed by atoms with Crippen LogP contribution in [0.15, 0.2) is 12.3 Å². The van der Waals surface area contributed by atoms with Gasteiger partial charge in [-0.25, -0.2) is 0 Å². The van der Waals surface area contributed by atoms with E-state index < -0.39 is 0 Å². The molecular weight excluding hydrogens is 280 g/mol. The normalized spacial score (nSPS) is 36.4. The molecule has 2 bridgehead atoms. The first-order chi connectivity index (χ1) is 10.3. The van der Waals surface area contributed by atoms with E-state index in [0.29, 0.717) is 11.5 Å². The number of nitrogens with zero attached hydrogens (tertiary/aromatic N) is 2. The Bertz CT molecular complexity index is 491. The van der Waals surface area contributed by atoms with Crippen LogP contribution in [0, 0.1) is 17.3 Å². The van der Waals surface area contributed by atoms with Crippen molar-refractivity contribution >= 4 is 11.6 Å². The van der Waals surface area contributed by atoms with Gasteiger partial charge in [-0.1, -0.05) is 25.7 Å². The van der Waals surface area contributed by atoms with Crippen molar-refractivity contribution in [3.8, 4) is 0 Å². The zero-order valence-corrected chi connectivity index (χ0v) is 13.7. The van der Waals surface area contributed by atoms with E-state index in [4.69, 9.17) is 16.7 Å². The van der Waals surface area contributed by atoms with Crippen LogP contribution in [0.4, 0.5) is 0 Å². The van der Waals surface area contributed by atoms with Crippen molar-refractivity contribution in [3.63, 3.8) is 0 Å². The topological polar surface area (TPSA) is 17.8 Å². The molecule has 0 N–H and O–H groups in total. The highest BCUT2D eigenvalue weighted by Gasteiger charge is 2.50. The zero-order valence-electron chi connectivity index (χ0n) is 12.9. The third-order valence-electron chi connectivity index (χ3n) is 6.51. The summed E-state index contributed by atoms with van der Waals surface area (Å²) in [5, 5.41) is 4.93. The lowest BCUT2D eigenvalue weighted by atomic mass is 9.71. The summed E-state index contributed by atoms with van der Waals surface area (Å²) < 4.78 is 2.25. The maximum atomic E-state index is 6.43. The molecule has 3 atom stereocenters. The molecule has 0 aliphatic heterocycles. The van der Waals surface area contributed by atoms with Crippen LogP contribution in [-0.2, 0) is 6.42 Å². The number of hydrogen-bond donors (Lipinski definition) is 0. The summed E-state index contributed by atoms with van der Waals surface area (Å²) >= 11 is 6.43. The van der Waals surface area contributed by atoms with E-state index in [9.17, 15) is 0 Å². The predicted octanol–water partition coefficient (Wildman–Crippen LogP) is 4.98. The Morgan fingerprint density at radius 2 is 2.05 bits per heavy atom. The van der Waals surface area contributed by atoms with Crippen molar-refractivity contribution in [3.05, 3.63) is 18.0 Å². The van der Waals surface area contributed by atoms with Gasteiger partial charge in [0.25, 0.3) is 0 Å². The molecule has 0 aromatic carbocycles. The molecule has 0 amide bonds. The molecule has 116 valence electrons. The van der Waals surface area contributed by atoms with Gasteiger partial charge in [0.1, 0.15) is 0 Å². The first-order valence-corrected chi connectivity index (χ1v) is 9.42. The predicted molar refractivity (Wildman–Crippen MR) is 86.7 cm³/mol. The van der Waals surface area contributed by atoms with Crippen molar-refractivity contribution in [2.75, 3.05) is 5.88 Å². The lowest BCUT2D eigenvalue weighted by Crippen LogP contribution is -2.32. The van der Waals surface area contributed by atoms with Gasteiger partial charge in [-0.15, -0.1) is 11.6 Å². The minimum Gasteiger partial charge on any atom is -0.269 e. The first kappa shape index (κ1) is 14.1. The number of alkyl halides is 1. The molecule has 3 fully saturated rings. The van der Waals surface area contributed by atoms with E-state index in [2.05, 4.69) is 16.9 Å². The van der Waals surface area contributed by atoms with Crippen LogP contribution in [0.5, 0.6) is 0 Å². The van der Waals surface area contributed by atoms with Gasteiger partial charge in [-0.3, -0.25) is 4.68 Å². The van der Waals surface area contributed by atoms with Gasteiger partial charge in [0.05, 0.1) is 11.7 Å². The summed E-state index contributed by atoms with van der Waals surface area (Å²) in [6.07, 6.45) is 15.7. The molecule has 4 rings (SSSR count). The number of rotatable bonds is 4. The van der Waals surface area contributed by atoms with E-state index in [1.807, 2.05) is 0 Å². The molecule has 3 unspecified atom stereocenters. The fourth-order valence-electron chi connectivity index (χ4n) is 5.37. The minimum absolute atomic E-state index is 0.357. The molecule has 0 saturated heterocycles. The Balaban J connectivity index is 1.48. The molecule has 0 radical (unpaired) electrons. The number of halogens is 1. The van der Waals surface area contributed by atoms with Crippen molar-refractivity contribution < 1.29 is 0 Å². The van der Waals surface area contributed by atoms with Crippen LogP contribution in [0.2, 0.25) is 0 Å². The number of aromatic nitrogens is 2. The monoisotopic (exact) mass is 306 g/mol. The Labute approximate surface area is 133 Å². The van der Waals surface area contributed by atoms with Crippen LogP contribution in [0.25, 0.3) is 0 Å². The quantitative estimate of drug-likeness (QED) is 0.718. The lowest BCUT2D eigenvalue weighted by Gasteiger charge is -2.35. The van der Waals surface area contributed by atoms with E-state index in [0.717, 1.165) is 24.1 Å². The molecule has 1 aromatic rings. The maximum absolute atomic E-state index is 6.43. The van der Waals surface area contributed by atoms with Gasteiger partial charge in [0.15, 0.2) is 0 Å². The zero-order chi connectivity index (χ0) is 14.3. The fourth-order valence-corrected chi connectivity index (χ4v) is 5.79. The van der Waals surface area contributed by atoms with Gasteiger partial charge < -0.3 is 0 Å². The fraction of sp³-hybridized carbons (Fsp3) is 0.833. The summed E-state index contributed by atoms with van der Waals surface area (Å²) in [6.45, 7) is 0.